The molecule has 5 heteroatoms. The Hall–Kier alpha value is -1.30. The van der Waals surface area contributed by atoms with E-state index in [0.717, 1.165) is 0 Å². The Morgan fingerprint density at radius 1 is 1.47 bits per heavy atom. The zero-order valence-corrected chi connectivity index (χ0v) is 11.3. The third kappa shape index (κ3) is 5.46. The van der Waals surface area contributed by atoms with E-state index in [4.69, 9.17) is 4.74 Å². The molecule has 0 saturated heterocycles. The molecule has 0 aliphatic carbocycles. The van der Waals surface area contributed by atoms with Gasteiger partial charge in [0.1, 0.15) is 5.82 Å². The molecule has 0 aliphatic heterocycles. The monoisotopic (exact) mass is 269 g/mol. The molecule has 1 aromatic rings. The van der Waals surface area contributed by atoms with Crippen LogP contribution in [0.4, 0.5) is 4.39 Å². The number of carbonyl (C=O) groups is 1. The van der Waals surface area contributed by atoms with Crippen molar-refractivity contribution < 1.29 is 19.0 Å². The summed E-state index contributed by atoms with van der Waals surface area (Å²) in [5.41, 5.74) is 0.119. The van der Waals surface area contributed by atoms with Crippen molar-refractivity contribution in [2.24, 2.45) is 0 Å². The van der Waals surface area contributed by atoms with Gasteiger partial charge in [0.15, 0.2) is 5.78 Å². The van der Waals surface area contributed by atoms with Crippen LogP contribution in [0.2, 0.25) is 0 Å². The molecule has 0 saturated carbocycles. The average molecular weight is 269 g/mol. The lowest BCUT2D eigenvalue weighted by molar-refractivity contribution is 0.0428. The van der Waals surface area contributed by atoms with Crippen LogP contribution in [0.1, 0.15) is 16.8 Å². The Kier molecular flexibility index (Phi) is 6.62. The van der Waals surface area contributed by atoms with Crippen LogP contribution in [0, 0.1) is 5.82 Å². The molecule has 0 fully saturated rings. The number of nitrogens with zero attached hydrogens (tertiary/aromatic N) is 1. The van der Waals surface area contributed by atoms with Crippen LogP contribution in [0.15, 0.2) is 24.3 Å². The summed E-state index contributed by atoms with van der Waals surface area (Å²) >= 11 is 0. The van der Waals surface area contributed by atoms with Gasteiger partial charge in [-0.1, -0.05) is 12.1 Å². The number of hydrogen-bond donors (Lipinski definition) is 1. The van der Waals surface area contributed by atoms with E-state index in [0.29, 0.717) is 13.1 Å². The quantitative estimate of drug-likeness (QED) is 0.724. The van der Waals surface area contributed by atoms with Crippen LogP contribution < -0.4 is 0 Å². The summed E-state index contributed by atoms with van der Waals surface area (Å²) in [6.07, 6.45) is -0.365. The predicted octanol–water partition coefficient (Wildman–Crippen LogP) is 1.34. The van der Waals surface area contributed by atoms with Crippen molar-refractivity contribution in [2.75, 3.05) is 33.9 Å². The Balaban J connectivity index is 2.40. The topological polar surface area (TPSA) is 49.8 Å². The van der Waals surface area contributed by atoms with E-state index in [1.54, 1.807) is 19.2 Å². The number of aliphatic hydroxyl groups excluding tert-OH is 1. The fourth-order valence-electron chi connectivity index (χ4n) is 1.81. The van der Waals surface area contributed by atoms with Crippen molar-refractivity contribution in [3.63, 3.8) is 0 Å². The van der Waals surface area contributed by atoms with E-state index in [9.17, 15) is 14.3 Å². The van der Waals surface area contributed by atoms with E-state index >= 15 is 0 Å². The fraction of sp³-hybridized carbons (Fsp3) is 0.500. The van der Waals surface area contributed by atoms with Gasteiger partial charge in [-0.3, -0.25) is 4.79 Å². The van der Waals surface area contributed by atoms with Crippen molar-refractivity contribution in [2.45, 2.75) is 12.5 Å². The number of benzene rings is 1. The van der Waals surface area contributed by atoms with Crippen LogP contribution in [-0.2, 0) is 4.74 Å². The highest BCUT2D eigenvalue weighted by Crippen LogP contribution is 2.09. The second kappa shape index (κ2) is 7.99. The normalized spacial score (nSPS) is 12.7. The first-order chi connectivity index (χ1) is 9.04. The number of halogens is 1. The van der Waals surface area contributed by atoms with Crippen molar-refractivity contribution in [3.05, 3.63) is 35.6 Å². The molecule has 0 bridgehead atoms. The third-order valence-electron chi connectivity index (χ3n) is 2.78. The molecule has 106 valence electrons. The minimum absolute atomic E-state index is 0.119. The molecule has 1 atom stereocenters. The van der Waals surface area contributed by atoms with Gasteiger partial charge in [-0.2, -0.15) is 0 Å². The van der Waals surface area contributed by atoms with Crippen molar-refractivity contribution in [3.8, 4) is 0 Å². The summed E-state index contributed by atoms with van der Waals surface area (Å²) in [4.78, 5) is 13.6. The first kappa shape index (κ1) is 15.8. The molecule has 0 aromatic heterocycles. The summed E-state index contributed by atoms with van der Waals surface area (Å²) < 4.78 is 18.2. The smallest absolute Gasteiger partial charge is 0.167 e. The summed E-state index contributed by atoms with van der Waals surface area (Å²) in [5, 5.41) is 9.53. The summed E-state index contributed by atoms with van der Waals surface area (Å²) in [6.45, 7) is 1.14. The van der Waals surface area contributed by atoms with Gasteiger partial charge in [0.2, 0.25) is 0 Å². The van der Waals surface area contributed by atoms with Crippen LogP contribution in [0.3, 0.4) is 0 Å². The highest BCUT2D eigenvalue weighted by atomic mass is 19.1. The van der Waals surface area contributed by atoms with Crippen LogP contribution in [0.5, 0.6) is 0 Å². The van der Waals surface area contributed by atoms with E-state index < -0.39 is 11.9 Å². The number of aliphatic hydroxyl groups is 1. The molecule has 1 rings (SSSR count). The SMILES string of the molecule is COCC(O)CN(C)CCC(=O)c1ccccc1F. The first-order valence-corrected chi connectivity index (χ1v) is 6.18. The molecule has 1 N–H and O–H groups in total. The van der Waals surface area contributed by atoms with Crippen LogP contribution in [0.25, 0.3) is 0 Å². The standard InChI is InChI=1S/C14H20FNO3/c1-16(9-11(17)10-19-2)8-7-14(18)12-5-3-4-6-13(12)15/h3-6,11,17H,7-10H2,1-2H3. The van der Waals surface area contributed by atoms with Crippen LogP contribution in [-0.4, -0.2) is 55.7 Å². The minimum atomic E-state index is -0.585. The summed E-state index contributed by atoms with van der Waals surface area (Å²) in [6, 6.07) is 5.96. The van der Waals surface area contributed by atoms with Gasteiger partial charge in [0.25, 0.3) is 0 Å². The second-order valence-corrected chi connectivity index (χ2v) is 4.52. The predicted molar refractivity (Wildman–Crippen MR) is 70.7 cm³/mol. The van der Waals surface area contributed by atoms with E-state index in [1.807, 2.05) is 4.90 Å². The number of likely N-dealkylation sites (N-methyl/N-ethyl adjacent to an activating group) is 1. The number of carbonyl (C=O) groups excluding carboxylic acids is 1. The van der Waals surface area contributed by atoms with E-state index in [1.165, 1.54) is 19.2 Å². The van der Waals surface area contributed by atoms with E-state index in [2.05, 4.69) is 0 Å². The molecule has 0 heterocycles. The number of Topliss-reactive ketones (excluding diaryl/α,β-unsaturated/α-hetero) is 1. The molecular formula is C14H20FNO3. The van der Waals surface area contributed by atoms with Crippen molar-refractivity contribution in [1.82, 2.24) is 4.90 Å². The fourth-order valence-corrected chi connectivity index (χ4v) is 1.81. The maximum atomic E-state index is 13.4. The lowest BCUT2D eigenvalue weighted by Gasteiger charge is -2.19. The Labute approximate surface area is 112 Å². The minimum Gasteiger partial charge on any atom is -0.389 e. The molecule has 0 aliphatic rings. The molecule has 1 aromatic carbocycles. The number of methoxy groups -OCH3 is 1. The number of ether oxygens (including phenoxy) is 1. The second-order valence-electron chi connectivity index (χ2n) is 4.52. The van der Waals surface area contributed by atoms with Crippen LogP contribution >= 0.6 is 0 Å². The maximum Gasteiger partial charge on any atom is 0.167 e. The Bertz CT molecular complexity index is 411. The molecule has 0 spiro atoms. The molecule has 0 amide bonds. The van der Waals surface area contributed by atoms with Gasteiger partial charge in [-0.15, -0.1) is 0 Å². The average Bonchev–Trinajstić information content (AvgIpc) is 2.36. The number of hydrogen-bond acceptors (Lipinski definition) is 4. The lowest BCUT2D eigenvalue weighted by Crippen LogP contribution is -2.33. The molecular weight excluding hydrogens is 249 g/mol. The molecule has 0 radical (unpaired) electrons. The zero-order valence-electron chi connectivity index (χ0n) is 11.3. The first-order valence-electron chi connectivity index (χ1n) is 6.18. The summed E-state index contributed by atoms with van der Waals surface area (Å²) in [7, 11) is 3.32. The Morgan fingerprint density at radius 3 is 2.79 bits per heavy atom. The van der Waals surface area contributed by atoms with Gasteiger partial charge in [-0.05, 0) is 19.2 Å². The maximum absolute atomic E-state index is 13.4. The number of ketones is 1. The highest BCUT2D eigenvalue weighted by Gasteiger charge is 2.13. The summed E-state index contributed by atoms with van der Waals surface area (Å²) in [5.74, 6) is -0.722. The third-order valence-corrected chi connectivity index (χ3v) is 2.78. The number of rotatable bonds is 8. The molecule has 1 unspecified atom stereocenters. The largest absolute Gasteiger partial charge is 0.389 e. The molecule has 4 nitrogen and oxygen atoms in total. The van der Waals surface area contributed by atoms with Gasteiger partial charge in [-0.25, -0.2) is 4.39 Å². The highest BCUT2D eigenvalue weighted by molar-refractivity contribution is 5.96. The van der Waals surface area contributed by atoms with Gasteiger partial charge >= 0.3 is 0 Å². The molecule has 19 heavy (non-hydrogen) atoms. The zero-order chi connectivity index (χ0) is 14.3. The van der Waals surface area contributed by atoms with E-state index in [-0.39, 0.29) is 24.4 Å². The van der Waals surface area contributed by atoms with Gasteiger partial charge in [0.05, 0.1) is 18.3 Å². The van der Waals surface area contributed by atoms with Crippen molar-refractivity contribution >= 4 is 5.78 Å². The van der Waals surface area contributed by atoms with Crippen molar-refractivity contribution in [1.29, 1.82) is 0 Å². The van der Waals surface area contributed by atoms with Gasteiger partial charge < -0.3 is 14.7 Å². The van der Waals surface area contributed by atoms with Gasteiger partial charge in [0, 0.05) is 26.6 Å². The lowest BCUT2D eigenvalue weighted by atomic mass is 10.1. The Morgan fingerprint density at radius 2 is 2.16 bits per heavy atom.